The van der Waals surface area contributed by atoms with Gasteiger partial charge in [-0.2, -0.15) is 0 Å². The molecule has 0 spiro atoms. The number of carbonyl (C=O) groups excluding carboxylic acids is 2. The van der Waals surface area contributed by atoms with E-state index in [0.717, 1.165) is 25.7 Å². The topological polar surface area (TPSA) is 76.7 Å². The van der Waals surface area contributed by atoms with Crippen LogP contribution in [-0.4, -0.2) is 24.6 Å². The van der Waals surface area contributed by atoms with Crippen LogP contribution in [0.2, 0.25) is 0 Å². The van der Waals surface area contributed by atoms with E-state index in [-0.39, 0.29) is 31.1 Å². The maximum atomic E-state index is 11.9. The summed E-state index contributed by atoms with van der Waals surface area (Å²) in [6.45, 7) is 0.191. The fourth-order valence-electron chi connectivity index (χ4n) is 2.67. The largest absolute Gasteiger partial charge is 0.454 e. The van der Waals surface area contributed by atoms with E-state index in [0.29, 0.717) is 17.2 Å². The number of carbonyl (C=O) groups is 2. The molecule has 1 saturated carbocycles. The van der Waals surface area contributed by atoms with Crippen molar-refractivity contribution in [1.29, 1.82) is 0 Å². The second-order valence-corrected chi connectivity index (χ2v) is 5.34. The molecule has 1 fully saturated rings. The maximum Gasteiger partial charge on any atom is 0.233 e. The van der Waals surface area contributed by atoms with Crippen molar-refractivity contribution in [2.45, 2.75) is 38.1 Å². The molecule has 6 heteroatoms. The first-order chi connectivity index (χ1) is 10.2. The van der Waals surface area contributed by atoms with Crippen molar-refractivity contribution in [2.75, 3.05) is 12.1 Å². The standard InChI is InChI=1S/C15H18N2O4/c18-14(16-10-3-1-2-4-10)8-15(19)17-11-5-6-12-13(7-11)21-9-20-12/h5-7,10H,1-4,8-9H2,(H,16,18)(H,17,19). The SMILES string of the molecule is O=C(CC(=O)NC1CCCC1)Nc1ccc2c(c1)OCO2. The van der Waals surface area contributed by atoms with Crippen molar-refractivity contribution in [2.24, 2.45) is 0 Å². The number of hydrogen-bond acceptors (Lipinski definition) is 4. The molecule has 0 saturated heterocycles. The van der Waals surface area contributed by atoms with Crippen LogP contribution in [0.5, 0.6) is 11.5 Å². The monoisotopic (exact) mass is 290 g/mol. The van der Waals surface area contributed by atoms with Gasteiger partial charge in [0, 0.05) is 17.8 Å². The quantitative estimate of drug-likeness (QED) is 0.829. The third kappa shape index (κ3) is 3.45. The Morgan fingerprint density at radius 1 is 1.10 bits per heavy atom. The number of rotatable bonds is 4. The highest BCUT2D eigenvalue weighted by atomic mass is 16.7. The highest BCUT2D eigenvalue weighted by Gasteiger charge is 2.19. The summed E-state index contributed by atoms with van der Waals surface area (Å²) in [5.41, 5.74) is 0.595. The van der Waals surface area contributed by atoms with Gasteiger partial charge in [0.05, 0.1) is 0 Å². The Balaban J connectivity index is 1.50. The van der Waals surface area contributed by atoms with Crippen LogP contribution in [0.1, 0.15) is 32.1 Å². The van der Waals surface area contributed by atoms with E-state index in [1.165, 1.54) is 0 Å². The third-order valence-corrected chi connectivity index (χ3v) is 3.70. The molecule has 1 aromatic rings. The number of ether oxygens (including phenoxy) is 2. The first-order valence-corrected chi connectivity index (χ1v) is 7.19. The van der Waals surface area contributed by atoms with Crippen LogP contribution in [0.3, 0.4) is 0 Å². The molecular formula is C15H18N2O4. The van der Waals surface area contributed by atoms with E-state index < -0.39 is 0 Å². The van der Waals surface area contributed by atoms with Gasteiger partial charge >= 0.3 is 0 Å². The summed E-state index contributed by atoms with van der Waals surface area (Å²) in [5.74, 6) is 0.708. The molecule has 1 aliphatic heterocycles. The predicted molar refractivity (Wildman–Crippen MR) is 76.2 cm³/mol. The average molecular weight is 290 g/mol. The van der Waals surface area contributed by atoms with Gasteiger partial charge in [-0.3, -0.25) is 9.59 Å². The van der Waals surface area contributed by atoms with Crippen molar-refractivity contribution < 1.29 is 19.1 Å². The fourth-order valence-corrected chi connectivity index (χ4v) is 2.67. The minimum Gasteiger partial charge on any atom is -0.454 e. The lowest BCUT2D eigenvalue weighted by molar-refractivity contribution is -0.127. The summed E-state index contributed by atoms with van der Waals surface area (Å²) in [7, 11) is 0. The van der Waals surface area contributed by atoms with E-state index >= 15 is 0 Å². The molecule has 0 atom stereocenters. The smallest absolute Gasteiger partial charge is 0.233 e. The molecule has 0 unspecified atom stereocenters. The molecule has 0 radical (unpaired) electrons. The summed E-state index contributed by atoms with van der Waals surface area (Å²) in [5, 5.41) is 5.58. The van der Waals surface area contributed by atoms with Crippen molar-refractivity contribution in [3.8, 4) is 11.5 Å². The molecule has 0 bridgehead atoms. The zero-order chi connectivity index (χ0) is 14.7. The second-order valence-electron chi connectivity index (χ2n) is 5.34. The highest BCUT2D eigenvalue weighted by Crippen LogP contribution is 2.34. The Morgan fingerprint density at radius 2 is 1.86 bits per heavy atom. The molecule has 2 N–H and O–H groups in total. The van der Waals surface area contributed by atoms with Crippen LogP contribution in [-0.2, 0) is 9.59 Å². The summed E-state index contributed by atoms with van der Waals surface area (Å²) >= 11 is 0. The molecule has 21 heavy (non-hydrogen) atoms. The number of amides is 2. The van der Waals surface area contributed by atoms with Crippen LogP contribution in [0.15, 0.2) is 18.2 Å². The Morgan fingerprint density at radius 3 is 2.67 bits per heavy atom. The first kappa shape index (κ1) is 13.7. The van der Waals surface area contributed by atoms with Gasteiger partial charge in [-0.1, -0.05) is 12.8 Å². The Hall–Kier alpha value is -2.24. The van der Waals surface area contributed by atoms with Gasteiger partial charge in [-0.15, -0.1) is 0 Å². The van der Waals surface area contributed by atoms with Crippen molar-refractivity contribution in [3.05, 3.63) is 18.2 Å². The van der Waals surface area contributed by atoms with Crippen LogP contribution in [0.4, 0.5) is 5.69 Å². The van der Waals surface area contributed by atoms with E-state index in [1.54, 1.807) is 18.2 Å². The molecular weight excluding hydrogens is 272 g/mol. The third-order valence-electron chi connectivity index (χ3n) is 3.70. The normalized spacial score (nSPS) is 16.8. The Labute approximate surface area is 122 Å². The molecule has 6 nitrogen and oxygen atoms in total. The molecule has 1 heterocycles. The van der Waals surface area contributed by atoms with E-state index in [4.69, 9.17) is 9.47 Å². The zero-order valence-electron chi connectivity index (χ0n) is 11.7. The molecule has 1 aliphatic carbocycles. The molecule has 0 aromatic heterocycles. The van der Waals surface area contributed by atoms with Gasteiger partial charge in [0.1, 0.15) is 6.42 Å². The van der Waals surface area contributed by atoms with Crippen LogP contribution >= 0.6 is 0 Å². The Kier molecular flexibility index (Phi) is 3.94. The Bertz CT molecular complexity index is 553. The van der Waals surface area contributed by atoms with E-state index in [2.05, 4.69) is 10.6 Å². The summed E-state index contributed by atoms with van der Waals surface area (Å²) in [4.78, 5) is 23.6. The van der Waals surface area contributed by atoms with Crippen molar-refractivity contribution in [3.63, 3.8) is 0 Å². The summed E-state index contributed by atoms with van der Waals surface area (Å²) < 4.78 is 10.4. The van der Waals surface area contributed by atoms with Gasteiger partial charge < -0.3 is 20.1 Å². The van der Waals surface area contributed by atoms with Crippen molar-refractivity contribution >= 4 is 17.5 Å². The van der Waals surface area contributed by atoms with E-state index in [9.17, 15) is 9.59 Å². The lowest BCUT2D eigenvalue weighted by Gasteiger charge is -2.11. The molecule has 112 valence electrons. The molecule has 2 amide bonds. The first-order valence-electron chi connectivity index (χ1n) is 7.19. The fraction of sp³-hybridized carbons (Fsp3) is 0.467. The maximum absolute atomic E-state index is 11.9. The minimum atomic E-state index is -0.329. The average Bonchev–Trinajstić information content (AvgIpc) is 3.08. The zero-order valence-corrected chi connectivity index (χ0v) is 11.7. The second kappa shape index (κ2) is 6.03. The number of hydrogen-bond donors (Lipinski definition) is 2. The van der Waals surface area contributed by atoms with Gasteiger partial charge in [0.15, 0.2) is 11.5 Å². The number of anilines is 1. The van der Waals surface area contributed by atoms with Crippen LogP contribution in [0, 0.1) is 0 Å². The lowest BCUT2D eigenvalue weighted by atomic mass is 10.2. The van der Waals surface area contributed by atoms with Crippen LogP contribution < -0.4 is 20.1 Å². The minimum absolute atomic E-state index is 0.162. The van der Waals surface area contributed by atoms with Gasteiger partial charge in [-0.05, 0) is 25.0 Å². The van der Waals surface area contributed by atoms with E-state index in [1.807, 2.05) is 0 Å². The number of fused-ring (bicyclic) bond motifs is 1. The molecule has 3 rings (SSSR count). The van der Waals surface area contributed by atoms with Gasteiger partial charge in [-0.25, -0.2) is 0 Å². The van der Waals surface area contributed by atoms with Gasteiger partial charge in [0.25, 0.3) is 0 Å². The number of nitrogens with one attached hydrogen (secondary N) is 2. The number of benzene rings is 1. The van der Waals surface area contributed by atoms with Gasteiger partial charge in [0.2, 0.25) is 18.6 Å². The predicted octanol–water partition coefficient (Wildman–Crippen LogP) is 1.80. The lowest BCUT2D eigenvalue weighted by Crippen LogP contribution is -2.34. The summed E-state index contributed by atoms with van der Waals surface area (Å²) in [6.07, 6.45) is 4.15. The van der Waals surface area contributed by atoms with Crippen molar-refractivity contribution in [1.82, 2.24) is 5.32 Å². The molecule has 1 aromatic carbocycles. The molecule has 2 aliphatic rings. The summed E-state index contributed by atoms with van der Waals surface area (Å²) in [6, 6.07) is 5.38. The van der Waals surface area contributed by atoms with Crippen LogP contribution in [0.25, 0.3) is 0 Å². The highest BCUT2D eigenvalue weighted by molar-refractivity contribution is 6.03.